The predicted octanol–water partition coefficient (Wildman–Crippen LogP) is 3.05. The molecule has 0 aromatic rings. The molecule has 0 N–H and O–H groups in total. The lowest BCUT2D eigenvalue weighted by atomic mass is 10.5. The Labute approximate surface area is 88.7 Å². The van der Waals surface area contributed by atoms with Crippen molar-refractivity contribution < 1.29 is 9.05 Å². The summed E-state index contributed by atoms with van der Waals surface area (Å²) in [6.45, 7) is 7.67. The normalized spacial score (nSPS) is 11.9. The Morgan fingerprint density at radius 3 is 1.50 bits per heavy atom. The van der Waals surface area contributed by atoms with Gasteiger partial charge in [0, 0.05) is 0 Å². The van der Waals surface area contributed by atoms with Gasteiger partial charge in [0.2, 0.25) is 5.69 Å². The van der Waals surface area contributed by atoms with Crippen LogP contribution in [0.4, 0.5) is 0 Å². The molecule has 0 saturated heterocycles. The molecule has 0 aliphatic carbocycles. The molecular weight excluding hydrogens is 230 g/mol. The van der Waals surface area contributed by atoms with Crippen molar-refractivity contribution in [2.24, 2.45) is 0 Å². The molecule has 0 amide bonds. The third-order valence-corrected chi connectivity index (χ3v) is 3.15. The van der Waals surface area contributed by atoms with Crippen LogP contribution >= 0.6 is 27.8 Å². The molecule has 1 unspecified atom stereocenters. The Balaban J connectivity index is 0. The van der Waals surface area contributed by atoms with Crippen molar-refractivity contribution in [3.63, 3.8) is 0 Å². The molecule has 0 aliphatic heterocycles. The molecule has 0 heterocycles. The Morgan fingerprint density at radius 2 is 1.33 bits per heavy atom. The largest absolute Gasteiger partial charge is 0.319 e. The van der Waals surface area contributed by atoms with E-state index in [2.05, 4.69) is 12.2 Å². The summed E-state index contributed by atoms with van der Waals surface area (Å²) in [6, 6.07) is 0. The molecule has 0 radical (unpaired) electrons. The fourth-order valence-corrected chi connectivity index (χ4v) is 3.84. The lowest BCUT2D eigenvalue weighted by Crippen LogP contribution is -2.04. The van der Waals surface area contributed by atoms with Gasteiger partial charge in [-0.25, -0.2) is 0 Å². The van der Waals surface area contributed by atoms with Crippen LogP contribution in [0.2, 0.25) is 0 Å². The molecule has 1 atom stereocenters. The second kappa shape index (κ2) is 6.75. The lowest BCUT2D eigenvalue weighted by Gasteiger charge is -2.20. The van der Waals surface area contributed by atoms with Gasteiger partial charge in [0.05, 0.1) is 12.2 Å². The van der Waals surface area contributed by atoms with Gasteiger partial charge in [-0.1, -0.05) is 12.2 Å². The molecule has 6 heteroatoms. The monoisotopic (exact) mass is 248 g/mol. The molecule has 0 spiro atoms. The average Bonchev–Trinajstić information content (AvgIpc) is 1.53. The summed E-state index contributed by atoms with van der Waals surface area (Å²) in [5.74, 6) is 0. The molecule has 0 fully saturated rings. The molecule has 0 bridgehead atoms. The van der Waals surface area contributed by atoms with Crippen molar-refractivity contribution in [3.8, 4) is 0 Å². The fraction of sp³-hybridized carbons (Fsp3) is 1.00. The molecule has 2 nitrogen and oxygen atoms in total. The Bertz CT molecular complexity index is 148. The van der Waals surface area contributed by atoms with Crippen LogP contribution in [0.5, 0.6) is 0 Å². The second-order valence-electron chi connectivity index (χ2n) is 2.78. The summed E-state index contributed by atoms with van der Waals surface area (Å²) in [5.41, 5.74) is -2.28. The summed E-state index contributed by atoms with van der Waals surface area (Å²) < 4.78 is 10.6. The highest BCUT2D eigenvalue weighted by Crippen LogP contribution is 2.55. The first-order valence-corrected chi connectivity index (χ1v) is 7.32. The predicted molar refractivity (Wildman–Crippen MR) is 66.8 cm³/mol. The molecule has 12 heavy (non-hydrogen) atoms. The minimum absolute atomic E-state index is 0. The molecule has 76 valence electrons. The zero-order valence-electron chi connectivity index (χ0n) is 7.98. The van der Waals surface area contributed by atoms with Crippen molar-refractivity contribution in [1.29, 1.82) is 0 Å². The number of hydrogen-bond acceptors (Lipinski definition) is 3. The maximum Gasteiger partial charge on any atom is 0.244 e. The molecule has 0 aromatic carbocycles. The third kappa shape index (κ3) is 9.44. The van der Waals surface area contributed by atoms with Crippen LogP contribution in [0.25, 0.3) is 0 Å². The van der Waals surface area contributed by atoms with Crippen LogP contribution in [0.1, 0.15) is 27.7 Å². The first kappa shape index (κ1) is 15.8. The summed E-state index contributed by atoms with van der Waals surface area (Å²) in [7, 11) is 0. The summed E-state index contributed by atoms with van der Waals surface area (Å²) in [6.07, 6.45) is 0.161. The summed E-state index contributed by atoms with van der Waals surface area (Å²) >= 11 is 9.17. The van der Waals surface area contributed by atoms with E-state index in [-0.39, 0.29) is 22.1 Å². The van der Waals surface area contributed by atoms with Crippen molar-refractivity contribution in [2.75, 3.05) is 0 Å². The Kier molecular flexibility index (Phi) is 8.89. The summed E-state index contributed by atoms with van der Waals surface area (Å²) in [5, 5.41) is 0. The topological polar surface area (TPSA) is 18.5 Å². The molecular formula is C6H18O2P2S2. The van der Waals surface area contributed by atoms with E-state index in [1.807, 2.05) is 27.7 Å². The van der Waals surface area contributed by atoms with Crippen LogP contribution in [0.3, 0.4) is 0 Å². The third-order valence-electron chi connectivity index (χ3n) is 0.688. The SMILES string of the molecule is CC(C)OP(=S)(S)OC(C)C.P. The zero-order chi connectivity index (χ0) is 9.07. The number of rotatable bonds is 4. The van der Waals surface area contributed by atoms with Gasteiger partial charge in [-0.15, -0.1) is 0 Å². The van der Waals surface area contributed by atoms with E-state index in [0.29, 0.717) is 0 Å². The van der Waals surface area contributed by atoms with E-state index in [1.54, 1.807) is 0 Å². The van der Waals surface area contributed by atoms with E-state index in [0.717, 1.165) is 0 Å². The molecule has 0 aromatic heterocycles. The standard InChI is InChI=1S/C6H15O2PS2.H3P/c1-5(2)7-9(10,11)8-6(3)4;/h5-6H,1-4H3,(H,10,11);1H3. The van der Waals surface area contributed by atoms with Crippen molar-refractivity contribution in [1.82, 2.24) is 0 Å². The van der Waals surface area contributed by atoms with Gasteiger partial charge in [-0.05, 0) is 39.5 Å². The van der Waals surface area contributed by atoms with Crippen molar-refractivity contribution in [3.05, 3.63) is 0 Å². The van der Waals surface area contributed by atoms with Crippen LogP contribution in [0.15, 0.2) is 0 Å². The number of hydrogen-bond donors (Lipinski definition) is 1. The van der Waals surface area contributed by atoms with Crippen molar-refractivity contribution >= 4 is 39.6 Å². The minimum atomic E-state index is -2.28. The first-order valence-electron chi connectivity index (χ1n) is 3.53. The summed E-state index contributed by atoms with van der Waals surface area (Å²) in [4.78, 5) is 0. The van der Waals surface area contributed by atoms with Gasteiger partial charge in [-0.3, -0.25) is 0 Å². The highest BCUT2D eigenvalue weighted by atomic mass is 32.9. The van der Waals surface area contributed by atoms with Crippen LogP contribution in [-0.2, 0) is 20.9 Å². The van der Waals surface area contributed by atoms with Gasteiger partial charge in [0.1, 0.15) is 0 Å². The maximum atomic E-state index is 5.32. The highest BCUT2D eigenvalue weighted by Gasteiger charge is 2.16. The fourth-order valence-electron chi connectivity index (χ4n) is 0.558. The smallest absolute Gasteiger partial charge is 0.244 e. The minimum Gasteiger partial charge on any atom is -0.319 e. The quantitative estimate of drug-likeness (QED) is 0.609. The first-order chi connectivity index (χ1) is 4.83. The Hall–Kier alpha value is 1.35. The van der Waals surface area contributed by atoms with E-state index < -0.39 is 5.69 Å². The van der Waals surface area contributed by atoms with E-state index in [9.17, 15) is 0 Å². The van der Waals surface area contributed by atoms with Gasteiger partial charge < -0.3 is 9.05 Å². The van der Waals surface area contributed by atoms with E-state index in [1.165, 1.54) is 0 Å². The molecule has 0 aliphatic rings. The maximum absolute atomic E-state index is 5.32. The zero-order valence-corrected chi connectivity index (χ0v) is 12.0. The number of thiol groups is 1. The highest BCUT2D eigenvalue weighted by molar-refractivity contribution is 8.60. The Morgan fingerprint density at radius 1 is 1.08 bits per heavy atom. The van der Waals surface area contributed by atoms with E-state index in [4.69, 9.17) is 20.9 Å². The van der Waals surface area contributed by atoms with Crippen LogP contribution < -0.4 is 0 Å². The van der Waals surface area contributed by atoms with E-state index >= 15 is 0 Å². The molecule has 0 saturated carbocycles. The van der Waals surface area contributed by atoms with Gasteiger partial charge in [-0.2, -0.15) is 9.90 Å². The van der Waals surface area contributed by atoms with Gasteiger partial charge >= 0.3 is 0 Å². The second-order valence-corrected chi connectivity index (χ2v) is 7.97. The average molecular weight is 248 g/mol. The lowest BCUT2D eigenvalue weighted by molar-refractivity contribution is 0.186. The van der Waals surface area contributed by atoms with Gasteiger partial charge in [0.15, 0.2) is 0 Å². The van der Waals surface area contributed by atoms with Gasteiger partial charge in [0.25, 0.3) is 0 Å². The van der Waals surface area contributed by atoms with Crippen LogP contribution in [0, 0.1) is 0 Å². The van der Waals surface area contributed by atoms with Crippen LogP contribution in [-0.4, -0.2) is 12.2 Å². The molecule has 0 rings (SSSR count). The van der Waals surface area contributed by atoms with Crippen molar-refractivity contribution in [2.45, 2.75) is 39.9 Å².